The van der Waals surface area contributed by atoms with E-state index in [9.17, 15) is 0 Å². The van der Waals surface area contributed by atoms with E-state index in [2.05, 4.69) is 33.4 Å². The van der Waals surface area contributed by atoms with Crippen LogP contribution in [0.2, 0.25) is 0 Å². The molecule has 0 unspecified atom stereocenters. The van der Waals surface area contributed by atoms with Gasteiger partial charge < -0.3 is 5.32 Å². The van der Waals surface area contributed by atoms with Gasteiger partial charge in [0.1, 0.15) is 0 Å². The monoisotopic (exact) mass is 231 g/mol. The Morgan fingerprint density at radius 3 is 2.86 bits per heavy atom. The summed E-state index contributed by atoms with van der Waals surface area (Å²) in [6.45, 7) is 4.36. The Kier molecular flexibility index (Phi) is 8.09. The molecule has 0 amide bonds. The minimum absolute atomic E-state index is 1.09. The number of hydrogen-bond donors (Lipinski definition) is 1. The highest BCUT2D eigenvalue weighted by Crippen LogP contribution is 2.07. The Balaban J connectivity index is 2.45. The van der Waals surface area contributed by atoms with Crippen LogP contribution in [0.1, 0.15) is 6.92 Å². The molecule has 0 heterocycles. The number of halogens is 1. The van der Waals surface area contributed by atoms with Crippen molar-refractivity contribution in [3.63, 3.8) is 0 Å². The van der Waals surface area contributed by atoms with Crippen LogP contribution in [0.3, 0.4) is 0 Å². The van der Waals surface area contributed by atoms with Crippen molar-refractivity contribution in [2.45, 2.75) is 6.92 Å². The molecule has 0 aromatic rings. The predicted molar refractivity (Wildman–Crippen MR) is 45.0 cm³/mol. The van der Waals surface area contributed by atoms with Gasteiger partial charge in [0.15, 0.2) is 0 Å². The first-order chi connectivity index (χ1) is 3.41. The summed E-state index contributed by atoms with van der Waals surface area (Å²) >= 11 is 2.30. The minimum atomic E-state index is 1.09. The maximum Gasteiger partial charge on any atom is 0.0159 e. The fourth-order valence-corrected chi connectivity index (χ4v) is 1.17. The van der Waals surface area contributed by atoms with Crippen molar-refractivity contribution in [3.05, 3.63) is 0 Å². The summed E-state index contributed by atoms with van der Waals surface area (Å²) < 4.78 is 0. The normalized spacial score (nSPS) is 9.43. The van der Waals surface area contributed by atoms with E-state index in [0.29, 0.717) is 0 Å². The standard InChI is InChI=1S/C4H10INS/c1-2-6-3-4-7-5/h6H,2-4H2,1H3. The van der Waals surface area contributed by atoms with Crippen molar-refractivity contribution in [1.29, 1.82) is 0 Å². The maximum absolute atomic E-state index is 3.22. The smallest absolute Gasteiger partial charge is 0.0159 e. The molecule has 0 rings (SSSR count). The highest BCUT2D eigenvalue weighted by Gasteiger charge is 1.78. The third-order valence-electron chi connectivity index (χ3n) is 0.606. The van der Waals surface area contributed by atoms with E-state index in [4.69, 9.17) is 0 Å². The van der Waals surface area contributed by atoms with Gasteiger partial charge in [-0.25, -0.2) is 0 Å². The van der Waals surface area contributed by atoms with Gasteiger partial charge in [-0.15, -0.1) is 0 Å². The Bertz CT molecular complexity index is 30.9. The second-order valence-electron chi connectivity index (χ2n) is 1.17. The molecular formula is C4H10INS. The molecule has 0 aromatic heterocycles. The maximum atomic E-state index is 3.22. The third-order valence-corrected chi connectivity index (χ3v) is 2.29. The van der Waals surface area contributed by atoms with E-state index >= 15 is 0 Å². The van der Waals surface area contributed by atoms with Gasteiger partial charge in [-0.05, 0) is 27.8 Å². The van der Waals surface area contributed by atoms with Crippen LogP contribution < -0.4 is 5.32 Å². The molecular weight excluding hydrogens is 221 g/mol. The number of nitrogens with one attached hydrogen (secondary N) is 1. The first-order valence-corrected chi connectivity index (χ1v) is 5.89. The van der Waals surface area contributed by atoms with Crippen LogP contribution in [0.15, 0.2) is 0 Å². The van der Waals surface area contributed by atoms with Gasteiger partial charge >= 0.3 is 0 Å². The van der Waals surface area contributed by atoms with Gasteiger partial charge in [0.2, 0.25) is 0 Å². The number of rotatable bonds is 4. The minimum Gasteiger partial charge on any atom is -0.316 e. The molecule has 0 radical (unpaired) electrons. The van der Waals surface area contributed by atoms with Crippen molar-refractivity contribution in [1.82, 2.24) is 5.32 Å². The zero-order valence-corrected chi connectivity index (χ0v) is 7.38. The molecule has 3 heteroatoms. The van der Waals surface area contributed by atoms with Crippen LogP contribution in [-0.4, -0.2) is 18.8 Å². The van der Waals surface area contributed by atoms with Crippen molar-refractivity contribution in [2.75, 3.05) is 18.8 Å². The molecule has 0 atom stereocenters. The summed E-state index contributed by atoms with van der Waals surface area (Å²) in [6.07, 6.45) is 0. The number of hydrogen-bond acceptors (Lipinski definition) is 2. The Morgan fingerprint density at radius 1 is 1.71 bits per heavy atom. The third kappa shape index (κ3) is 7.04. The zero-order valence-electron chi connectivity index (χ0n) is 4.41. The van der Waals surface area contributed by atoms with Crippen LogP contribution in [0, 0.1) is 0 Å². The van der Waals surface area contributed by atoms with Gasteiger partial charge in [-0.3, -0.25) is 0 Å². The lowest BCUT2D eigenvalue weighted by molar-refractivity contribution is 0.769. The quantitative estimate of drug-likeness (QED) is 0.583. The van der Waals surface area contributed by atoms with Crippen LogP contribution in [0.4, 0.5) is 0 Å². The second-order valence-corrected chi connectivity index (χ2v) is 3.66. The molecule has 1 N–H and O–H groups in total. The summed E-state index contributed by atoms with van der Waals surface area (Å²) in [6, 6.07) is 0. The zero-order chi connectivity index (χ0) is 5.54. The van der Waals surface area contributed by atoms with E-state index in [-0.39, 0.29) is 0 Å². The van der Waals surface area contributed by atoms with Gasteiger partial charge in [0.25, 0.3) is 0 Å². The highest BCUT2D eigenvalue weighted by molar-refractivity contribution is 14.2. The average molecular weight is 231 g/mol. The van der Waals surface area contributed by atoms with Gasteiger partial charge in [0, 0.05) is 12.3 Å². The largest absolute Gasteiger partial charge is 0.316 e. The van der Waals surface area contributed by atoms with Gasteiger partial charge in [-0.1, -0.05) is 15.9 Å². The lowest BCUT2D eigenvalue weighted by Gasteiger charge is -1.93. The first kappa shape index (κ1) is 8.04. The fraction of sp³-hybridized carbons (Fsp3) is 1.00. The van der Waals surface area contributed by atoms with Crippen LogP contribution in [0.25, 0.3) is 0 Å². The Hall–Kier alpha value is 1.04. The highest BCUT2D eigenvalue weighted by atomic mass is 127. The van der Waals surface area contributed by atoms with Crippen LogP contribution in [0.5, 0.6) is 0 Å². The average Bonchev–Trinajstić information content (AvgIpc) is 1.69. The molecule has 44 valence electrons. The molecule has 0 saturated heterocycles. The molecule has 0 fully saturated rings. The molecule has 1 nitrogen and oxygen atoms in total. The predicted octanol–water partition coefficient (Wildman–Crippen LogP) is 1.68. The van der Waals surface area contributed by atoms with Crippen molar-refractivity contribution in [2.24, 2.45) is 0 Å². The SMILES string of the molecule is CCNCCSI. The fourth-order valence-electron chi connectivity index (χ4n) is 0.288. The lowest BCUT2D eigenvalue weighted by atomic mass is 10.7. The first-order valence-electron chi connectivity index (χ1n) is 2.36. The topological polar surface area (TPSA) is 12.0 Å². The van der Waals surface area contributed by atoms with E-state index in [1.807, 2.05) is 8.93 Å². The Labute approximate surface area is 61.2 Å². The molecule has 0 aliphatic heterocycles. The molecule has 0 saturated carbocycles. The lowest BCUT2D eigenvalue weighted by Crippen LogP contribution is -2.15. The van der Waals surface area contributed by atoms with Gasteiger partial charge in [-0.2, -0.15) is 0 Å². The molecule has 0 aliphatic carbocycles. The molecule has 0 spiro atoms. The van der Waals surface area contributed by atoms with Crippen LogP contribution in [-0.2, 0) is 0 Å². The molecule has 0 aromatic carbocycles. The molecule has 0 aliphatic rings. The summed E-state index contributed by atoms with van der Waals surface area (Å²) in [7, 11) is 1.85. The van der Waals surface area contributed by atoms with E-state index in [1.54, 1.807) is 0 Å². The van der Waals surface area contributed by atoms with E-state index in [0.717, 1.165) is 13.1 Å². The molecule has 0 bridgehead atoms. The summed E-state index contributed by atoms with van der Waals surface area (Å²) in [4.78, 5) is 0. The van der Waals surface area contributed by atoms with Crippen molar-refractivity contribution in [3.8, 4) is 0 Å². The molecule has 7 heavy (non-hydrogen) atoms. The van der Waals surface area contributed by atoms with E-state index < -0.39 is 0 Å². The summed E-state index contributed by atoms with van der Waals surface area (Å²) in [5, 5.41) is 3.22. The van der Waals surface area contributed by atoms with Crippen molar-refractivity contribution >= 4 is 30.1 Å². The second kappa shape index (κ2) is 7.04. The summed E-state index contributed by atoms with van der Waals surface area (Å²) in [5.41, 5.74) is 0. The van der Waals surface area contributed by atoms with Crippen LogP contribution >= 0.6 is 30.1 Å². The Morgan fingerprint density at radius 2 is 2.43 bits per heavy atom. The summed E-state index contributed by atoms with van der Waals surface area (Å²) in [5.74, 6) is 1.22. The van der Waals surface area contributed by atoms with Gasteiger partial charge in [0.05, 0.1) is 0 Å². The van der Waals surface area contributed by atoms with E-state index in [1.165, 1.54) is 5.75 Å². The van der Waals surface area contributed by atoms with Crippen molar-refractivity contribution < 1.29 is 0 Å².